The fraction of sp³-hybridized carbons (Fsp3) is 0.462. The van der Waals surface area contributed by atoms with Crippen LogP contribution in [0.25, 0.3) is 0 Å². The molecular weight excluding hydrogens is 170 g/mol. The van der Waals surface area contributed by atoms with Gasteiger partial charge >= 0.3 is 0 Å². The van der Waals surface area contributed by atoms with E-state index in [1.807, 2.05) is 26.0 Å². The van der Waals surface area contributed by atoms with Crippen LogP contribution in [0.3, 0.4) is 0 Å². The van der Waals surface area contributed by atoms with Gasteiger partial charge in [0.1, 0.15) is 0 Å². The molecule has 78 valence electrons. The lowest BCUT2D eigenvalue weighted by Crippen LogP contribution is -1.99. The molecule has 0 radical (unpaired) electrons. The Labute approximate surface area is 87.7 Å². The zero-order chi connectivity index (χ0) is 11.1. The molecule has 0 heterocycles. The van der Waals surface area contributed by atoms with Crippen LogP contribution in [0.1, 0.15) is 34.1 Å². The summed E-state index contributed by atoms with van der Waals surface area (Å²) in [7, 11) is 0. The van der Waals surface area contributed by atoms with Crippen molar-refractivity contribution >= 4 is 6.21 Å². The second-order valence-corrected chi connectivity index (χ2v) is 3.79. The molecule has 0 aliphatic rings. The number of nitrogens with one attached hydrogen (secondary N) is 1. The number of allylic oxidation sites excluding steroid dienone is 5. The average Bonchev–Trinajstić information content (AvgIpc) is 2.16. The molecule has 0 fully saturated rings. The Bertz CT molecular complexity index is 265. The predicted octanol–water partition coefficient (Wildman–Crippen LogP) is 4.13. The topological polar surface area (TPSA) is 23.9 Å². The Hall–Kier alpha value is -1.11. The van der Waals surface area contributed by atoms with Gasteiger partial charge in [0.2, 0.25) is 0 Å². The van der Waals surface area contributed by atoms with Crippen LogP contribution < -0.4 is 0 Å². The molecule has 0 saturated carbocycles. The maximum absolute atomic E-state index is 7.38. The van der Waals surface area contributed by atoms with Gasteiger partial charge in [-0.3, -0.25) is 0 Å². The van der Waals surface area contributed by atoms with Gasteiger partial charge < -0.3 is 5.41 Å². The van der Waals surface area contributed by atoms with E-state index in [1.54, 1.807) is 0 Å². The third kappa shape index (κ3) is 3.73. The molecule has 1 N–H and O–H groups in total. The molecule has 0 amide bonds. The van der Waals surface area contributed by atoms with E-state index in [-0.39, 0.29) is 0 Å². The highest BCUT2D eigenvalue weighted by molar-refractivity contribution is 5.82. The van der Waals surface area contributed by atoms with Crippen molar-refractivity contribution in [2.45, 2.75) is 34.1 Å². The number of rotatable bonds is 5. The largest absolute Gasteiger partial charge is 0.308 e. The van der Waals surface area contributed by atoms with E-state index in [1.165, 1.54) is 17.4 Å². The Morgan fingerprint density at radius 3 is 2.29 bits per heavy atom. The Kier molecular flexibility index (Phi) is 5.86. The van der Waals surface area contributed by atoms with Gasteiger partial charge in [-0.25, -0.2) is 0 Å². The van der Waals surface area contributed by atoms with Gasteiger partial charge in [-0.15, -0.1) is 0 Å². The molecular formula is C13H21N. The van der Waals surface area contributed by atoms with Crippen LogP contribution in [-0.4, -0.2) is 6.21 Å². The highest BCUT2D eigenvalue weighted by atomic mass is 14.3. The van der Waals surface area contributed by atoms with E-state index in [0.717, 1.165) is 12.0 Å². The zero-order valence-corrected chi connectivity index (χ0v) is 9.72. The Balaban J connectivity index is 5.22. The Morgan fingerprint density at radius 2 is 2.00 bits per heavy atom. The third-order valence-electron chi connectivity index (χ3n) is 2.30. The van der Waals surface area contributed by atoms with Crippen molar-refractivity contribution < 1.29 is 0 Å². The first-order valence-corrected chi connectivity index (χ1v) is 5.08. The first kappa shape index (κ1) is 12.9. The first-order chi connectivity index (χ1) is 6.56. The molecule has 0 bridgehead atoms. The normalized spacial score (nSPS) is 14.0. The van der Waals surface area contributed by atoms with Gasteiger partial charge in [0.25, 0.3) is 0 Å². The smallest absolute Gasteiger partial charge is 0.0253 e. The fourth-order valence-corrected chi connectivity index (χ4v) is 1.34. The quantitative estimate of drug-likeness (QED) is 0.499. The van der Waals surface area contributed by atoms with Crippen LogP contribution in [0.4, 0.5) is 0 Å². The summed E-state index contributed by atoms with van der Waals surface area (Å²) < 4.78 is 0. The minimum Gasteiger partial charge on any atom is -0.308 e. The summed E-state index contributed by atoms with van der Waals surface area (Å²) >= 11 is 0. The van der Waals surface area contributed by atoms with Crippen LogP contribution in [0.5, 0.6) is 0 Å². The van der Waals surface area contributed by atoms with E-state index < -0.39 is 0 Å². The molecule has 0 saturated heterocycles. The van der Waals surface area contributed by atoms with Crippen molar-refractivity contribution in [3.8, 4) is 0 Å². The van der Waals surface area contributed by atoms with E-state index in [4.69, 9.17) is 5.41 Å². The lowest BCUT2D eigenvalue weighted by molar-refractivity contribution is 0.669. The summed E-state index contributed by atoms with van der Waals surface area (Å²) in [6, 6.07) is 0. The Morgan fingerprint density at radius 1 is 1.43 bits per heavy atom. The number of hydrogen-bond acceptors (Lipinski definition) is 1. The summed E-state index contributed by atoms with van der Waals surface area (Å²) in [5.41, 5.74) is 3.37. The summed E-state index contributed by atoms with van der Waals surface area (Å²) in [4.78, 5) is 0. The van der Waals surface area contributed by atoms with E-state index in [2.05, 4.69) is 20.4 Å². The molecule has 0 aromatic rings. The van der Waals surface area contributed by atoms with Gasteiger partial charge in [0.15, 0.2) is 0 Å². The summed E-state index contributed by atoms with van der Waals surface area (Å²) in [6.45, 7) is 12.2. The van der Waals surface area contributed by atoms with Gasteiger partial charge in [-0.2, -0.15) is 0 Å². The first-order valence-electron chi connectivity index (χ1n) is 5.08. The van der Waals surface area contributed by atoms with Crippen molar-refractivity contribution in [1.82, 2.24) is 0 Å². The standard InChI is InChI=1S/C13H21N/c1-6-11(5)13(7-2)12(9-14)8-10(3)4/h7-9,11,14H,2,6H2,1,3-5H3/b13-12+,14-9?. The van der Waals surface area contributed by atoms with Gasteiger partial charge in [0, 0.05) is 6.21 Å². The molecule has 14 heavy (non-hydrogen) atoms. The fourth-order valence-electron chi connectivity index (χ4n) is 1.34. The van der Waals surface area contributed by atoms with Crippen LogP contribution in [-0.2, 0) is 0 Å². The molecule has 1 atom stereocenters. The highest BCUT2D eigenvalue weighted by Gasteiger charge is 2.06. The van der Waals surface area contributed by atoms with E-state index >= 15 is 0 Å². The summed E-state index contributed by atoms with van der Waals surface area (Å²) in [5.74, 6) is 0.472. The molecule has 1 nitrogen and oxygen atoms in total. The molecule has 1 unspecified atom stereocenters. The van der Waals surface area contributed by atoms with Gasteiger partial charge in [-0.1, -0.05) is 38.2 Å². The average molecular weight is 191 g/mol. The summed E-state index contributed by atoms with van der Waals surface area (Å²) in [6.07, 6.45) is 6.40. The van der Waals surface area contributed by atoms with Crippen molar-refractivity contribution in [2.75, 3.05) is 0 Å². The van der Waals surface area contributed by atoms with Crippen molar-refractivity contribution in [3.63, 3.8) is 0 Å². The van der Waals surface area contributed by atoms with Crippen molar-refractivity contribution in [3.05, 3.63) is 35.5 Å². The predicted molar refractivity (Wildman–Crippen MR) is 64.9 cm³/mol. The van der Waals surface area contributed by atoms with Crippen LogP contribution in [0, 0.1) is 11.3 Å². The zero-order valence-electron chi connectivity index (χ0n) is 9.72. The van der Waals surface area contributed by atoms with Crippen LogP contribution in [0.15, 0.2) is 35.5 Å². The molecule has 0 aliphatic carbocycles. The molecule has 0 aromatic heterocycles. The third-order valence-corrected chi connectivity index (χ3v) is 2.30. The molecule has 0 spiro atoms. The summed E-state index contributed by atoms with van der Waals surface area (Å²) in [5, 5.41) is 7.38. The van der Waals surface area contributed by atoms with E-state index in [9.17, 15) is 0 Å². The second-order valence-electron chi connectivity index (χ2n) is 3.79. The van der Waals surface area contributed by atoms with Crippen molar-refractivity contribution in [2.24, 2.45) is 5.92 Å². The van der Waals surface area contributed by atoms with Gasteiger partial charge in [-0.05, 0) is 37.3 Å². The SMILES string of the molecule is C=C/C(=C(\C=N)C=C(C)C)C(C)CC. The lowest BCUT2D eigenvalue weighted by Gasteiger charge is -2.12. The van der Waals surface area contributed by atoms with Crippen LogP contribution in [0.2, 0.25) is 0 Å². The molecule has 1 heteroatoms. The molecule has 0 rings (SSSR count). The van der Waals surface area contributed by atoms with E-state index in [0.29, 0.717) is 5.92 Å². The van der Waals surface area contributed by atoms with Crippen LogP contribution >= 0.6 is 0 Å². The van der Waals surface area contributed by atoms with Gasteiger partial charge in [0.05, 0.1) is 0 Å². The lowest BCUT2D eigenvalue weighted by atomic mass is 9.93. The highest BCUT2D eigenvalue weighted by Crippen LogP contribution is 2.20. The monoisotopic (exact) mass is 191 g/mol. The second kappa shape index (κ2) is 6.36. The molecule has 0 aliphatic heterocycles. The maximum Gasteiger partial charge on any atom is 0.0253 e. The molecule has 0 aromatic carbocycles. The minimum atomic E-state index is 0.472. The number of hydrogen-bond donors (Lipinski definition) is 1. The van der Waals surface area contributed by atoms with Crippen molar-refractivity contribution in [1.29, 1.82) is 5.41 Å². The maximum atomic E-state index is 7.38. The minimum absolute atomic E-state index is 0.472.